The SMILES string of the molecule is Cc1cccc2nc(CNc3cccc(F)c3[N+](=O)[O-])cn12. The van der Waals surface area contributed by atoms with Crippen LogP contribution in [0, 0.1) is 22.9 Å². The van der Waals surface area contributed by atoms with Gasteiger partial charge in [-0.3, -0.25) is 10.1 Å². The first-order valence-corrected chi connectivity index (χ1v) is 6.66. The van der Waals surface area contributed by atoms with Crippen molar-refractivity contribution in [3.63, 3.8) is 0 Å². The van der Waals surface area contributed by atoms with Crippen molar-refractivity contribution in [1.29, 1.82) is 0 Å². The minimum Gasteiger partial charge on any atom is -0.374 e. The number of nitrogens with zero attached hydrogens (tertiary/aromatic N) is 3. The summed E-state index contributed by atoms with van der Waals surface area (Å²) in [6.45, 7) is 2.23. The maximum atomic E-state index is 13.5. The first-order chi connectivity index (χ1) is 10.6. The topological polar surface area (TPSA) is 72.5 Å². The molecular weight excluding hydrogens is 287 g/mol. The lowest BCUT2D eigenvalue weighted by Gasteiger charge is -2.05. The lowest BCUT2D eigenvalue weighted by atomic mass is 10.2. The van der Waals surface area contributed by atoms with Crippen LogP contribution in [0.3, 0.4) is 0 Å². The van der Waals surface area contributed by atoms with Gasteiger partial charge in [0, 0.05) is 11.9 Å². The van der Waals surface area contributed by atoms with Crippen LogP contribution in [-0.2, 0) is 6.54 Å². The number of para-hydroxylation sites is 1. The molecule has 0 saturated heterocycles. The average molecular weight is 300 g/mol. The predicted molar refractivity (Wildman–Crippen MR) is 80.3 cm³/mol. The van der Waals surface area contributed by atoms with Crippen LogP contribution >= 0.6 is 0 Å². The Labute approximate surface area is 125 Å². The van der Waals surface area contributed by atoms with Crippen LogP contribution < -0.4 is 5.32 Å². The van der Waals surface area contributed by atoms with E-state index in [9.17, 15) is 14.5 Å². The van der Waals surface area contributed by atoms with Crippen molar-refractivity contribution < 1.29 is 9.31 Å². The third-order valence-corrected chi connectivity index (χ3v) is 3.38. The van der Waals surface area contributed by atoms with Crippen LogP contribution in [0.25, 0.3) is 5.65 Å². The summed E-state index contributed by atoms with van der Waals surface area (Å²) < 4.78 is 15.5. The van der Waals surface area contributed by atoms with Gasteiger partial charge in [0.15, 0.2) is 0 Å². The highest BCUT2D eigenvalue weighted by Crippen LogP contribution is 2.27. The van der Waals surface area contributed by atoms with E-state index in [-0.39, 0.29) is 12.2 Å². The number of rotatable bonds is 4. The van der Waals surface area contributed by atoms with E-state index in [4.69, 9.17) is 0 Å². The molecule has 1 aromatic carbocycles. The van der Waals surface area contributed by atoms with Crippen LogP contribution in [0.15, 0.2) is 42.6 Å². The van der Waals surface area contributed by atoms with Crippen LogP contribution in [0.1, 0.15) is 11.4 Å². The quantitative estimate of drug-likeness (QED) is 0.592. The molecule has 22 heavy (non-hydrogen) atoms. The van der Waals surface area contributed by atoms with E-state index in [0.29, 0.717) is 5.69 Å². The summed E-state index contributed by atoms with van der Waals surface area (Å²) in [4.78, 5) is 14.6. The molecule has 0 atom stereocenters. The first-order valence-electron chi connectivity index (χ1n) is 6.66. The van der Waals surface area contributed by atoms with Crippen LogP contribution in [0.2, 0.25) is 0 Å². The number of hydrogen-bond acceptors (Lipinski definition) is 4. The van der Waals surface area contributed by atoms with Gasteiger partial charge in [0.2, 0.25) is 5.82 Å². The Morgan fingerprint density at radius 3 is 2.82 bits per heavy atom. The smallest absolute Gasteiger partial charge is 0.327 e. The standard InChI is InChI=1S/C15H13FN4O2/c1-10-4-2-7-14-18-11(9-19(10)14)8-17-13-6-3-5-12(16)15(13)20(21)22/h2-7,9,17H,8H2,1H3. The number of halogens is 1. The molecule has 0 amide bonds. The van der Waals surface area contributed by atoms with E-state index >= 15 is 0 Å². The molecule has 3 aromatic rings. The molecule has 3 rings (SSSR count). The number of hydrogen-bond donors (Lipinski definition) is 1. The van der Waals surface area contributed by atoms with E-state index in [1.807, 2.05) is 35.7 Å². The van der Waals surface area contributed by atoms with E-state index in [0.717, 1.165) is 17.4 Å². The number of nitro benzene ring substituents is 1. The lowest BCUT2D eigenvalue weighted by molar-refractivity contribution is -0.386. The predicted octanol–water partition coefficient (Wildman–Crippen LogP) is 3.30. The molecule has 0 saturated carbocycles. The first kappa shape index (κ1) is 14.0. The van der Waals surface area contributed by atoms with Crippen LogP contribution in [-0.4, -0.2) is 14.3 Å². The zero-order chi connectivity index (χ0) is 15.7. The molecule has 0 unspecified atom stereocenters. The molecule has 0 aliphatic rings. The highest BCUT2D eigenvalue weighted by Gasteiger charge is 2.19. The van der Waals surface area contributed by atoms with Gasteiger partial charge in [0.25, 0.3) is 0 Å². The summed E-state index contributed by atoms with van der Waals surface area (Å²) in [6.07, 6.45) is 1.85. The largest absolute Gasteiger partial charge is 0.374 e. The van der Waals surface area contributed by atoms with Crippen molar-refractivity contribution in [1.82, 2.24) is 9.38 Å². The molecule has 0 radical (unpaired) electrons. The maximum absolute atomic E-state index is 13.5. The van der Waals surface area contributed by atoms with E-state index < -0.39 is 16.4 Å². The summed E-state index contributed by atoms with van der Waals surface area (Å²) in [7, 11) is 0. The number of imidazole rings is 1. The van der Waals surface area contributed by atoms with Gasteiger partial charge in [-0.1, -0.05) is 12.1 Å². The van der Waals surface area contributed by atoms with E-state index in [1.165, 1.54) is 12.1 Å². The van der Waals surface area contributed by atoms with Gasteiger partial charge in [-0.2, -0.15) is 4.39 Å². The zero-order valence-electron chi connectivity index (χ0n) is 11.8. The Morgan fingerprint density at radius 1 is 1.32 bits per heavy atom. The molecule has 0 bridgehead atoms. The molecule has 2 aromatic heterocycles. The maximum Gasteiger partial charge on any atom is 0.327 e. The van der Waals surface area contributed by atoms with E-state index in [1.54, 1.807) is 0 Å². The van der Waals surface area contributed by atoms with Crippen LogP contribution in [0.4, 0.5) is 15.8 Å². The molecule has 0 aliphatic heterocycles. The number of anilines is 1. The van der Waals surface area contributed by atoms with Gasteiger partial charge < -0.3 is 9.72 Å². The van der Waals surface area contributed by atoms with Gasteiger partial charge in [-0.15, -0.1) is 0 Å². The van der Waals surface area contributed by atoms with Crippen molar-refractivity contribution in [2.45, 2.75) is 13.5 Å². The number of aromatic nitrogens is 2. The second kappa shape index (κ2) is 5.44. The third kappa shape index (κ3) is 2.48. The van der Waals surface area contributed by atoms with Gasteiger partial charge in [0.1, 0.15) is 11.3 Å². The van der Waals surface area contributed by atoms with Crippen molar-refractivity contribution >= 4 is 17.0 Å². The molecule has 1 N–H and O–H groups in total. The zero-order valence-corrected chi connectivity index (χ0v) is 11.8. The summed E-state index contributed by atoms with van der Waals surface area (Å²) in [5, 5.41) is 13.8. The normalized spacial score (nSPS) is 10.8. The number of benzene rings is 1. The molecule has 2 heterocycles. The fraction of sp³-hybridized carbons (Fsp3) is 0.133. The summed E-state index contributed by atoms with van der Waals surface area (Å²) in [5.41, 5.74) is 2.13. The molecule has 6 nitrogen and oxygen atoms in total. The molecule has 0 fully saturated rings. The van der Waals surface area contributed by atoms with Gasteiger partial charge in [-0.05, 0) is 31.2 Å². The Bertz CT molecular complexity index is 860. The van der Waals surface area contributed by atoms with E-state index in [2.05, 4.69) is 10.3 Å². The monoisotopic (exact) mass is 300 g/mol. The summed E-state index contributed by atoms with van der Waals surface area (Å²) in [6, 6.07) is 9.72. The molecular formula is C15H13FN4O2. The third-order valence-electron chi connectivity index (χ3n) is 3.38. The molecule has 0 spiro atoms. The average Bonchev–Trinajstić information content (AvgIpc) is 2.89. The number of fused-ring (bicyclic) bond motifs is 1. The summed E-state index contributed by atoms with van der Waals surface area (Å²) >= 11 is 0. The number of aryl methyl sites for hydroxylation is 1. The van der Waals surface area contributed by atoms with Crippen LogP contribution in [0.5, 0.6) is 0 Å². The Morgan fingerprint density at radius 2 is 2.09 bits per heavy atom. The molecule has 7 heteroatoms. The molecule has 112 valence electrons. The van der Waals surface area contributed by atoms with Crippen molar-refractivity contribution in [3.05, 3.63) is 69.9 Å². The minimum atomic E-state index is -0.860. The summed E-state index contributed by atoms with van der Waals surface area (Å²) in [5.74, 6) is -0.860. The Kier molecular flexibility index (Phi) is 3.46. The Hall–Kier alpha value is -2.96. The minimum absolute atomic E-state index is 0.138. The molecule has 0 aliphatic carbocycles. The fourth-order valence-corrected chi connectivity index (χ4v) is 2.31. The van der Waals surface area contributed by atoms with Gasteiger partial charge >= 0.3 is 5.69 Å². The lowest BCUT2D eigenvalue weighted by Crippen LogP contribution is -2.04. The second-order valence-electron chi connectivity index (χ2n) is 4.87. The number of pyridine rings is 1. The number of nitrogens with one attached hydrogen (secondary N) is 1. The highest BCUT2D eigenvalue weighted by atomic mass is 19.1. The van der Waals surface area contributed by atoms with Crippen molar-refractivity contribution in [2.75, 3.05) is 5.32 Å². The van der Waals surface area contributed by atoms with Crippen molar-refractivity contribution in [2.24, 2.45) is 0 Å². The van der Waals surface area contributed by atoms with Gasteiger partial charge in [-0.25, -0.2) is 4.98 Å². The van der Waals surface area contributed by atoms with Gasteiger partial charge in [0.05, 0.1) is 17.2 Å². The highest BCUT2D eigenvalue weighted by molar-refractivity contribution is 5.62. The fourth-order valence-electron chi connectivity index (χ4n) is 2.31. The number of nitro groups is 1. The Balaban J connectivity index is 1.87. The second-order valence-corrected chi connectivity index (χ2v) is 4.87. The van der Waals surface area contributed by atoms with Crippen molar-refractivity contribution in [3.8, 4) is 0 Å².